The standard InChI is InChI=1S/C19H15NO/c21-19(15-8-9-18-14(12-15)10-11-20-18)17-7-3-5-13-4-1-2-6-16(13)17/h1-9,12,20H,10-11H2. The number of hydrogen-bond donors (Lipinski definition) is 1. The molecule has 0 aromatic heterocycles. The molecule has 0 saturated heterocycles. The van der Waals surface area contributed by atoms with Crippen molar-refractivity contribution in [3.63, 3.8) is 0 Å². The second-order valence-corrected chi connectivity index (χ2v) is 5.40. The van der Waals surface area contributed by atoms with Gasteiger partial charge in [-0.1, -0.05) is 42.5 Å². The fourth-order valence-corrected chi connectivity index (χ4v) is 3.02. The molecule has 2 heteroatoms. The first kappa shape index (κ1) is 12.2. The van der Waals surface area contributed by atoms with E-state index in [1.807, 2.05) is 60.7 Å². The third kappa shape index (κ3) is 2.00. The van der Waals surface area contributed by atoms with E-state index in [1.54, 1.807) is 0 Å². The van der Waals surface area contributed by atoms with Crippen LogP contribution in [0.2, 0.25) is 0 Å². The van der Waals surface area contributed by atoms with E-state index >= 15 is 0 Å². The predicted molar refractivity (Wildman–Crippen MR) is 86.0 cm³/mol. The lowest BCUT2D eigenvalue weighted by molar-refractivity contribution is 0.104. The normalized spacial score (nSPS) is 13.0. The largest absolute Gasteiger partial charge is 0.384 e. The molecule has 1 N–H and O–H groups in total. The number of fused-ring (bicyclic) bond motifs is 2. The van der Waals surface area contributed by atoms with Gasteiger partial charge in [-0.2, -0.15) is 0 Å². The summed E-state index contributed by atoms with van der Waals surface area (Å²) in [4.78, 5) is 12.8. The average Bonchev–Trinajstić information content (AvgIpc) is 3.01. The topological polar surface area (TPSA) is 29.1 Å². The van der Waals surface area contributed by atoms with Crippen molar-refractivity contribution < 1.29 is 4.79 Å². The van der Waals surface area contributed by atoms with Crippen LogP contribution >= 0.6 is 0 Å². The molecule has 0 bridgehead atoms. The fourth-order valence-electron chi connectivity index (χ4n) is 3.02. The molecule has 0 radical (unpaired) electrons. The van der Waals surface area contributed by atoms with Crippen molar-refractivity contribution in [2.75, 3.05) is 11.9 Å². The summed E-state index contributed by atoms with van der Waals surface area (Å²) in [6.45, 7) is 0.960. The average molecular weight is 273 g/mol. The van der Waals surface area contributed by atoms with Crippen molar-refractivity contribution in [3.8, 4) is 0 Å². The van der Waals surface area contributed by atoms with Crippen molar-refractivity contribution in [1.29, 1.82) is 0 Å². The molecule has 1 aliphatic heterocycles. The zero-order valence-corrected chi connectivity index (χ0v) is 11.6. The molecule has 0 aliphatic carbocycles. The summed E-state index contributed by atoms with van der Waals surface area (Å²) in [5.41, 5.74) is 3.94. The smallest absolute Gasteiger partial charge is 0.193 e. The van der Waals surface area contributed by atoms with Crippen molar-refractivity contribution in [3.05, 3.63) is 77.4 Å². The monoisotopic (exact) mass is 273 g/mol. The van der Waals surface area contributed by atoms with Crippen molar-refractivity contribution in [2.24, 2.45) is 0 Å². The van der Waals surface area contributed by atoms with Gasteiger partial charge in [0.05, 0.1) is 0 Å². The van der Waals surface area contributed by atoms with Gasteiger partial charge in [-0.05, 0) is 41.0 Å². The van der Waals surface area contributed by atoms with Crippen molar-refractivity contribution in [1.82, 2.24) is 0 Å². The summed E-state index contributed by atoms with van der Waals surface area (Å²) in [5, 5.41) is 5.44. The van der Waals surface area contributed by atoms with Gasteiger partial charge in [0.25, 0.3) is 0 Å². The van der Waals surface area contributed by atoms with Crippen LogP contribution in [0.15, 0.2) is 60.7 Å². The Morgan fingerprint density at radius 2 is 1.81 bits per heavy atom. The molecule has 0 saturated carbocycles. The minimum Gasteiger partial charge on any atom is -0.384 e. The third-order valence-corrected chi connectivity index (χ3v) is 4.11. The first-order valence-electron chi connectivity index (χ1n) is 7.22. The maximum absolute atomic E-state index is 12.8. The van der Waals surface area contributed by atoms with Gasteiger partial charge in [-0.25, -0.2) is 0 Å². The van der Waals surface area contributed by atoms with E-state index in [4.69, 9.17) is 0 Å². The van der Waals surface area contributed by atoms with Gasteiger partial charge in [0, 0.05) is 23.4 Å². The second-order valence-electron chi connectivity index (χ2n) is 5.40. The summed E-state index contributed by atoms with van der Waals surface area (Å²) >= 11 is 0. The van der Waals surface area contributed by atoms with E-state index in [0.29, 0.717) is 0 Å². The predicted octanol–water partition coefficient (Wildman–Crippen LogP) is 4.04. The number of hydrogen-bond acceptors (Lipinski definition) is 2. The summed E-state index contributed by atoms with van der Waals surface area (Å²) in [5.74, 6) is 0.0986. The first-order valence-corrected chi connectivity index (χ1v) is 7.22. The zero-order chi connectivity index (χ0) is 14.2. The number of anilines is 1. The van der Waals surface area contributed by atoms with Gasteiger partial charge in [0.2, 0.25) is 0 Å². The Morgan fingerprint density at radius 3 is 2.76 bits per heavy atom. The van der Waals surface area contributed by atoms with E-state index in [2.05, 4.69) is 5.32 Å². The lowest BCUT2D eigenvalue weighted by atomic mass is 9.96. The molecule has 0 amide bonds. The Balaban J connectivity index is 1.83. The first-order chi connectivity index (χ1) is 10.3. The van der Waals surface area contributed by atoms with Crippen LogP contribution in [0.5, 0.6) is 0 Å². The van der Waals surface area contributed by atoms with Crippen LogP contribution in [-0.4, -0.2) is 12.3 Å². The molecule has 21 heavy (non-hydrogen) atoms. The zero-order valence-electron chi connectivity index (χ0n) is 11.6. The molecule has 0 fully saturated rings. The number of ketones is 1. The minimum absolute atomic E-state index is 0.0986. The van der Waals surface area contributed by atoms with E-state index in [9.17, 15) is 4.79 Å². The van der Waals surface area contributed by atoms with Crippen LogP contribution in [0, 0.1) is 0 Å². The summed E-state index contributed by atoms with van der Waals surface area (Å²) in [7, 11) is 0. The number of carbonyl (C=O) groups is 1. The quantitative estimate of drug-likeness (QED) is 0.714. The molecule has 4 rings (SSSR count). The molecule has 0 spiro atoms. The molecule has 0 atom stereocenters. The van der Waals surface area contributed by atoms with Gasteiger partial charge >= 0.3 is 0 Å². The number of nitrogens with one attached hydrogen (secondary N) is 1. The molecule has 1 aliphatic rings. The van der Waals surface area contributed by atoms with Crippen LogP contribution in [0.25, 0.3) is 10.8 Å². The van der Waals surface area contributed by atoms with Crippen LogP contribution in [-0.2, 0) is 6.42 Å². The molecular formula is C19H15NO. The SMILES string of the molecule is O=C(c1ccc2c(c1)CCN2)c1cccc2ccccc12. The molecule has 2 nitrogen and oxygen atoms in total. The summed E-state index contributed by atoms with van der Waals surface area (Å²) < 4.78 is 0. The Kier molecular flexibility index (Phi) is 2.74. The van der Waals surface area contributed by atoms with Crippen molar-refractivity contribution >= 4 is 22.2 Å². The van der Waals surface area contributed by atoms with Gasteiger partial charge in [-0.15, -0.1) is 0 Å². The number of rotatable bonds is 2. The Labute approximate surface area is 123 Å². The van der Waals surface area contributed by atoms with Gasteiger partial charge in [-0.3, -0.25) is 4.79 Å². The van der Waals surface area contributed by atoms with E-state index in [1.165, 1.54) is 5.56 Å². The maximum atomic E-state index is 12.8. The van der Waals surface area contributed by atoms with Gasteiger partial charge < -0.3 is 5.32 Å². The highest BCUT2D eigenvalue weighted by atomic mass is 16.1. The maximum Gasteiger partial charge on any atom is 0.193 e. The van der Waals surface area contributed by atoms with Crippen LogP contribution < -0.4 is 5.32 Å². The lowest BCUT2D eigenvalue weighted by Crippen LogP contribution is -2.02. The molecule has 3 aromatic carbocycles. The second kappa shape index (κ2) is 4.74. The highest BCUT2D eigenvalue weighted by Crippen LogP contribution is 2.26. The number of benzene rings is 3. The Morgan fingerprint density at radius 1 is 0.952 bits per heavy atom. The highest BCUT2D eigenvalue weighted by Gasteiger charge is 2.16. The van der Waals surface area contributed by atoms with Crippen LogP contribution in [0.4, 0.5) is 5.69 Å². The number of carbonyl (C=O) groups excluding carboxylic acids is 1. The van der Waals surface area contributed by atoms with Gasteiger partial charge in [0.15, 0.2) is 5.78 Å². The highest BCUT2D eigenvalue weighted by molar-refractivity contribution is 6.16. The molecule has 1 heterocycles. The van der Waals surface area contributed by atoms with Crippen LogP contribution in [0.1, 0.15) is 21.5 Å². The minimum atomic E-state index is 0.0986. The lowest BCUT2D eigenvalue weighted by Gasteiger charge is -2.07. The van der Waals surface area contributed by atoms with E-state index in [0.717, 1.165) is 40.6 Å². The molecule has 3 aromatic rings. The van der Waals surface area contributed by atoms with Gasteiger partial charge in [0.1, 0.15) is 0 Å². The van der Waals surface area contributed by atoms with E-state index in [-0.39, 0.29) is 5.78 Å². The van der Waals surface area contributed by atoms with Crippen LogP contribution in [0.3, 0.4) is 0 Å². The molecule has 0 unspecified atom stereocenters. The molecule has 102 valence electrons. The third-order valence-electron chi connectivity index (χ3n) is 4.11. The van der Waals surface area contributed by atoms with Crippen molar-refractivity contribution in [2.45, 2.75) is 6.42 Å². The summed E-state index contributed by atoms with van der Waals surface area (Å²) in [6, 6.07) is 19.9. The van der Waals surface area contributed by atoms with E-state index < -0.39 is 0 Å². The Hall–Kier alpha value is -2.61. The molecular weight excluding hydrogens is 258 g/mol. The Bertz CT molecular complexity index is 846. The summed E-state index contributed by atoms with van der Waals surface area (Å²) in [6.07, 6.45) is 0.992. The fraction of sp³-hybridized carbons (Fsp3) is 0.105.